The minimum atomic E-state index is -3.68. The summed E-state index contributed by atoms with van der Waals surface area (Å²) in [5, 5.41) is 1.80. The van der Waals surface area contributed by atoms with Gasteiger partial charge in [-0.05, 0) is 31.4 Å². The number of benzene rings is 1. The zero-order valence-corrected chi connectivity index (χ0v) is 14.1. The maximum absolute atomic E-state index is 12.3. The van der Waals surface area contributed by atoms with Gasteiger partial charge in [0.05, 0.1) is 4.90 Å². The van der Waals surface area contributed by atoms with E-state index in [1.807, 2.05) is 0 Å². The summed E-state index contributed by atoms with van der Waals surface area (Å²) in [6, 6.07) is 8.08. The number of carbonyl (C=O) groups excluding carboxylic acids is 1. The summed E-state index contributed by atoms with van der Waals surface area (Å²) in [5.41, 5.74) is 0.294. The van der Waals surface area contributed by atoms with Gasteiger partial charge in [-0.25, -0.2) is 13.4 Å². The van der Waals surface area contributed by atoms with Crippen LogP contribution in [-0.4, -0.2) is 37.3 Å². The monoisotopic (exact) mass is 351 g/mol. The quantitative estimate of drug-likeness (QED) is 0.918. The van der Waals surface area contributed by atoms with Crippen LogP contribution in [-0.2, 0) is 10.0 Å². The summed E-state index contributed by atoms with van der Waals surface area (Å²) >= 11 is 1.11. The highest BCUT2D eigenvalue weighted by Crippen LogP contribution is 2.22. The first-order valence-electron chi connectivity index (χ1n) is 7.39. The topological polar surface area (TPSA) is 79.4 Å². The van der Waals surface area contributed by atoms with Gasteiger partial charge in [-0.3, -0.25) is 9.52 Å². The van der Waals surface area contributed by atoms with E-state index in [0.717, 1.165) is 43.7 Å². The molecule has 0 unspecified atom stereocenters. The van der Waals surface area contributed by atoms with Gasteiger partial charge in [0.2, 0.25) is 0 Å². The molecule has 1 saturated heterocycles. The summed E-state index contributed by atoms with van der Waals surface area (Å²) in [7, 11) is -3.68. The van der Waals surface area contributed by atoms with Crippen molar-refractivity contribution in [2.75, 3.05) is 17.8 Å². The van der Waals surface area contributed by atoms with Gasteiger partial charge in [0.1, 0.15) is 5.69 Å². The van der Waals surface area contributed by atoms with Gasteiger partial charge >= 0.3 is 0 Å². The molecule has 1 aliphatic rings. The fourth-order valence-corrected chi connectivity index (χ4v) is 4.41. The number of amides is 1. The van der Waals surface area contributed by atoms with Gasteiger partial charge < -0.3 is 4.90 Å². The molecule has 1 aromatic carbocycles. The fourth-order valence-electron chi connectivity index (χ4n) is 2.45. The van der Waals surface area contributed by atoms with Crippen LogP contribution in [0.15, 0.2) is 40.6 Å². The Kier molecular flexibility index (Phi) is 4.63. The molecule has 0 bridgehead atoms. The molecule has 23 heavy (non-hydrogen) atoms. The Labute approximate surface area is 139 Å². The molecular weight excluding hydrogens is 334 g/mol. The highest BCUT2D eigenvalue weighted by atomic mass is 32.2. The highest BCUT2D eigenvalue weighted by Gasteiger charge is 2.22. The van der Waals surface area contributed by atoms with Crippen molar-refractivity contribution in [1.29, 1.82) is 0 Å². The van der Waals surface area contributed by atoms with Crippen molar-refractivity contribution in [2.45, 2.75) is 24.2 Å². The molecule has 6 nitrogen and oxygen atoms in total. The lowest BCUT2D eigenvalue weighted by Gasteiger charge is -2.25. The number of hydrogen-bond donors (Lipinski definition) is 1. The van der Waals surface area contributed by atoms with Crippen LogP contribution in [0.5, 0.6) is 0 Å². The van der Waals surface area contributed by atoms with Crippen LogP contribution >= 0.6 is 11.3 Å². The number of likely N-dealkylation sites (tertiary alicyclic amines) is 1. The van der Waals surface area contributed by atoms with Crippen LogP contribution < -0.4 is 4.72 Å². The van der Waals surface area contributed by atoms with E-state index < -0.39 is 10.0 Å². The van der Waals surface area contributed by atoms with Gasteiger partial charge in [-0.15, -0.1) is 11.3 Å². The Morgan fingerprint density at radius 2 is 1.83 bits per heavy atom. The molecule has 0 atom stereocenters. The van der Waals surface area contributed by atoms with Crippen molar-refractivity contribution in [2.24, 2.45) is 0 Å². The number of hydrogen-bond acceptors (Lipinski definition) is 5. The summed E-state index contributed by atoms with van der Waals surface area (Å²) in [6.07, 6.45) is 3.15. The Bertz CT molecular complexity index is 781. The summed E-state index contributed by atoms with van der Waals surface area (Å²) in [4.78, 5) is 18.4. The minimum absolute atomic E-state index is 0.133. The predicted octanol–water partition coefficient (Wildman–Crippen LogP) is 2.57. The molecule has 0 radical (unpaired) electrons. The molecule has 0 saturated carbocycles. The Balaban J connectivity index is 1.73. The average molecular weight is 351 g/mol. The zero-order valence-electron chi connectivity index (χ0n) is 12.4. The molecule has 2 heterocycles. The lowest BCUT2D eigenvalue weighted by atomic mass is 10.1. The molecule has 1 fully saturated rings. The van der Waals surface area contributed by atoms with E-state index >= 15 is 0 Å². The number of nitrogens with zero attached hydrogens (tertiary/aromatic N) is 2. The van der Waals surface area contributed by atoms with Crippen molar-refractivity contribution in [3.63, 3.8) is 0 Å². The molecule has 8 heteroatoms. The minimum Gasteiger partial charge on any atom is -0.337 e. The van der Waals surface area contributed by atoms with E-state index in [1.165, 1.54) is 12.1 Å². The van der Waals surface area contributed by atoms with E-state index in [0.29, 0.717) is 5.69 Å². The van der Waals surface area contributed by atoms with Crippen LogP contribution in [0.3, 0.4) is 0 Å². The van der Waals surface area contributed by atoms with Crippen LogP contribution in [0.25, 0.3) is 0 Å². The van der Waals surface area contributed by atoms with E-state index in [1.54, 1.807) is 28.5 Å². The van der Waals surface area contributed by atoms with Crippen molar-refractivity contribution >= 4 is 32.4 Å². The maximum atomic E-state index is 12.3. The predicted molar refractivity (Wildman–Crippen MR) is 89.1 cm³/mol. The van der Waals surface area contributed by atoms with Gasteiger partial charge in [0.25, 0.3) is 15.9 Å². The standard InChI is InChI=1S/C15H17N3O3S2/c19-14(18-9-5-2-6-10-18)13-11-22-15(16-13)17-23(20,21)12-7-3-1-4-8-12/h1,3-4,7-8,11H,2,5-6,9-10H2,(H,16,17). The Hall–Kier alpha value is -1.93. The van der Waals surface area contributed by atoms with Crippen molar-refractivity contribution in [3.05, 3.63) is 41.4 Å². The lowest BCUT2D eigenvalue weighted by molar-refractivity contribution is 0.0719. The number of piperidine rings is 1. The smallest absolute Gasteiger partial charge is 0.273 e. The van der Waals surface area contributed by atoms with Crippen LogP contribution in [0.2, 0.25) is 0 Å². The molecular formula is C15H17N3O3S2. The molecule has 0 spiro atoms. The molecule has 2 aromatic rings. The number of rotatable bonds is 4. The third-order valence-corrected chi connectivity index (χ3v) is 5.88. The number of carbonyl (C=O) groups is 1. The summed E-state index contributed by atoms with van der Waals surface area (Å²) in [5.74, 6) is -0.133. The highest BCUT2D eigenvalue weighted by molar-refractivity contribution is 7.93. The summed E-state index contributed by atoms with van der Waals surface area (Å²) in [6.45, 7) is 1.48. The first-order chi connectivity index (χ1) is 11.1. The van der Waals surface area contributed by atoms with Gasteiger partial charge in [0, 0.05) is 18.5 Å². The second kappa shape index (κ2) is 6.67. The number of thiazole rings is 1. The normalized spacial score (nSPS) is 15.4. The third-order valence-electron chi connectivity index (χ3n) is 3.64. The number of sulfonamides is 1. The second-order valence-electron chi connectivity index (χ2n) is 5.31. The molecule has 3 rings (SSSR count). The molecule has 122 valence electrons. The Morgan fingerprint density at radius 3 is 2.52 bits per heavy atom. The molecule has 1 aromatic heterocycles. The molecule has 1 amide bonds. The largest absolute Gasteiger partial charge is 0.337 e. The van der Waals surface area contributed by atoms with Crippen molar-refractivity contribution in [1.82, 2.24) is 9.88 Å². The first-order valence-corrected chi connectivity index (χ1v) is 9.75. The first kappa shape index (κ1) is 15.9. The van der Waals surface area contributed by atoms with Gasteiger partial charge in [-0.1, -0.05) is 18.2 Å². The van der Waals surface area contributed by atoms with E-state index in [4.69, 9.17) is 0 Å². The molecule has 0 aliphatic carbocycles. The van der Waals surface area contributed by atoms with E-state index in [9.17, 15) is 13.2 Å². The van der Waals surface area contributed by atoms with Crippen LogP contribution in [0.4, 0.5) is 5.13 Å². The van der Waals surface area contributed by atoms with Crippen LogP contribution in [0.1, 0.15) is 29.8 Å². The number of anilines is 1. The maximum Gasteiger partial charge on any atom is 0.273 e. The number of nitrogens with one attached hydrogen (secondary N) is 1. The Morgan fingerprint density at radius 1 is 1.13 bits per heavy atom. The van der Waals surface area contributed by atoms with E-state index in [2.05, 4.69) is 9.71 Å². The lowest BCUT2D eigenvalue weighted by Crippen LogP contribution is -2.35. The van der Waals surface area contributed by atoms with Gasteiger partial charge in [-0.2, -0.15) is 0 Å². The van der Waals surface area contributed by atoms with Gasteiger partial charge in [0.15, 0.2) is 5.13 Å². The van der Waals surface area contributed by atoms with Crippen LogP contribution in [0, 0.1) is 0 Å². The average Bonchev–Trinajstić information content (AvgIpc) is 3.03. The zero-order chi connectivity index (χ0) is 16.3. The number of aromatic nitrogens is 1. The SMILES string of the molecule is O=C(c1csc(NS(=O)(=O)c2ccccc2)n1)N1CCCCC1. The second-order valence-corrected chi connectivity index (χ2v) is 7.85. The van der Waals surface area contributed by atoms with Crippen molar-refractivity contribution in [3.8, 4) is 0 Å². The molecule has 1 N–H and O–H groups in total. The third kappa shape index (κ3) is 3.70. The molecule has 1 aliphatic heterocycles. The van der Waals surface area contributed by atoms with Crippen molar-refractivity contribution < 1.29 is 13.2 Å². The summed E-state index contributed by atoms with van der Waals surface area (Å²) < 4.78 is 26.9. The van der Waals surface area contributed by atoms with E-state index in [-0.39, 0.29) is 15.9 Å². The fraction of sp³-hybridized carbons (Fsp3) is 0.333.